The molecular weight excluding hydrogens is 707 g/mol. The van der Waals surface area contributed by atoms with Gasteiger partial charge in [-0.1, -0.05) is 39.8 Å². The fraction of sp³-hybridized carbons (Fsp3) is 0.556. The fourth-order valence-corrected chi connectivity index (χ4v) is 7.50. The fourth-order valence-electron chi connectivity index (χ4n) is 6.00. The molecule has 53 heavy (non-hydrogen) atoms. The maximum atomic E-state index is 14.6. The average Bonchev–Trinajstić information content (AvgIpc) is 3.79. The number of nitrogen functional groups attached to an aromatic ring is 1. The minimum absolute atomic E-state index is 0.0967. The van der Waals surface area contributed by atoms with E-state index in [0.717, 1.165) is 37.7 Å². The van der Waals surface area contributed by atoms with Gasteiger partial charge in [-0.15, -0.1) is 0 Å². The lowest BCUT2D eigenvalue weighted by molar-refractivity contribution is -0.173. The van der Waals surface area contributed by atoms with Gasteiger partial charge in [-0.2, -0.15) is 15.4 Å². The number of fused-ring (bicyclic) bond motifs is 1. The van der Waals surface area contributed by atoms with Crippen LogP contribution in [0.3, 0.4) is 0 Å². The number of benzene rings is 1. The number of anilines is 1. The van der Waals surface area contributed by atoms with Crippen molar-refractivity contribution in [2.75, 3.05) is 12.3 Å². The second kappa shape index (κ2) is 15.4. The van der Waals surface area contributed by atoms with Gasteiger partial charge in [0.25, 0.3) is 0 Å². The Hall–Kier alpha value is -4.55. The molecule has 1 aliphatic heterocycles. The van der Waals surface area contributed by atoms with Crippen LogP contribution in [0.25, 0.3) is 5.52 Å². The van der Waals surface area contributed by atoms with Gasteiger partial charge in [0.05, 0.1) is 24.1 Å². The normalized spacial score (nSPS) is 24.6. The second-order valence-corrected chi connectivity index (χ2v) is 16.0. The Labute approximate surface area is 307 Å². The lowest BCUT2D eigenvalue weighted by Gasteiger charge is -2.29. The number of hydrogen-bond donors (Lipinski definition) is 2. The van der Waals surface area contributed by atoms with E-state index < -0.39 is 74.1 Å². The van der Waals surface area contributed by atoms with Gasteiger partial charge in [0.15, 0.2) is 18.0 Å². The van der Waals surface area contributed by atoms with Crippen LogP contribution >= 0.6 is 7.75 Å². The van der Waals surface area contributed by atoms with Crippen LogP contribution in [0, 0.1) is 23.2 Å². The van der Waals surface area contributed by atoms with Crippen molar-refractivity contribution in [1.82, 2.24) is 19.7 Å². The molecule has 0 unspecified atom stereocenters. The number of carbonyl (C=O) groups excluding carboxylic acids is 3. The topological polar surface area (TPSA) is 216 Å². The average molecular weight is 753 g/mol. The van der Waals surface area contributed by atoms with E-state index in [-0.39, 0.29) is 23.4 Å². The standard InChI is InChI=1S/C36H45N6O10P/c1-20(2)33(43)49-30-28(51-36(18-37,31(30)50-34(44)21(3)4)29-16-15-27-32(38)39-19-40-42(27)29)17-47-53(46,41-22(5)35(45)48-25-7-6-8-25)52-26-13-11-24(12-14-26)23-9-10-23/h11-16,19-23,25,28,30-31H,6-10,17H2,1-5H3,(H,41,46)(H2,38,39,40)/t22-,28+,30+,31+,36-,53-/m0/s1. The van der Waals surface area contributed by atoms with Crippen LogP contribution in [0.1, 0.15) is 83.9 Å². The molecule has 6 atom stereocenters. The molecule has 3 aromatic rings. The van der Waals surface area contributed by atoms with Crippen molar-refractivity contribution in [3.8, 4) is 11.8 Å². The molecule has 3 heterocycles. The highest BCUT2D eigenvalue weighted by Crippen LogP contribution is 2.49. The number of esters is 3. The van der Waals surface area contributed by atoms with Crippen molar-refractivity contribution in [1.29, 1.82) is 5.26 Å². The number of aromatic nitrogens is 3. The molecule has 0 spiro atoms. The molecule has 3 N–H and O–H groups in total. The number of rotatable bonds is 15. The van der Waals surface area contributed by atoms with Gasteiger partial charge in [-0.25, -0.2) is 14.1 Å². The van der Waals surface area contributed by atoms with Crippen molar-refractivity contribution in [2.24, 2.45) is 11.8 Å². The highest BCUT2D eigenvalue weighted by atomic mass is 31.2. The molecule has 2 aromatic heterocycles. The predicted molar refractivity (Wildman–Crippen MR) is 188 cm³/mol. The summed E-state index contributed by atoms with van der Waals surface area (Å²) < 4.78 is 51.7. The maximum Gasteiger partial charge on any atom is 0.459 e. The summed E-state index contributed by atoms with van der Waals surface area (Å²) in [5, 5.41) is 17.8. The molecule has 6 rings (SSSR count). The summed E-state index contributed by atoms with van der Waals surface area (Å²) in [5.41, 5.74) is 5.49. The molecule has 0 bridgehead atoms. The van der Waals surface area contributed by atoms with Crippen molar-refractivity contribution < 1.29 is 46.9 Å². The molecule has 0 amide bonds. The summed E-state index contributed by atoms with van der Waals surface area (Å²) in [5.74, 6) is -2.53. The summed E-state index contributed by atoms with van der Waals surface area (Å²) in [6.07, 6.45) is 1.18. The van der Waals surface area contributed by atoms with Gasteiger partial charge >= 0.3 is 25.7 Å². The summed E-state index contributed by atoms with van der Waals surface area (Å²) in [6.45, 7) is 7.29. The van der Waals surface area contributed by atoms with E-state index in [0.29, 0.717) is 11.4 Å². The third-order valence-corrected chi connectivity index (χ3v) is 11.1. The summed E-state index contributed by atoms with van der Waals surface area (Å²) in [6, 6.07) is 11.2. The van der Waals surface area contributed by atoms with Crippen LogP contribution < -0.4 is 15.3 Å². The summed E-state index contributed by atoms with van der Waals surface area (Å²) in [7, 11) is -4.46. The first-order valence-corrected chi connectivity index (χ1v) is 19.4. The zero-order chi connectivity index (χ0) is 38.1. The number of carbonyl (C=O) groups is 3. The number of nitriles is 1. The number of nitrogens with zero attached hydrogens (tertiary/aromatic N) is 4. The molecule has 0 radical (unpaired) electrons. The van der Waals surface area contributed by atoms with Gasteiger partial charge in [0.1, 0.15) is 41.9 Å². The van der Waals surface area contributed by atoms with E-state index in [1.807, 2.05) is 12.1 Å². The van der Waals surface area contributed by atoms with Crippen LogP contribution in [0.4, 0.5) is 5.82 Å². The molecule has 2 saturated carbocycles. The minimum Gasteiger partial charge on any atom is -0.461 e. The minimum atomic E-state index is -4.46. The number of nitrogens with two attached hydrogens (primary N) is 1. The van der Waals surface area contributed by atoms with Crippen molar-refractivity contribution in [2.45, 2.75) is 109 Å². The van der Waals surface area contributed by atoms with Crippen LogP contribution in [0.15, 0.2) is 42.7 Å². The van der Waals surface area contributed by atoms with E-state index in [1.165, 1.54) is 23.8 Å². The zero-order valence-corrected chi connectivity index (χ0v) is 31.2. The van der Waals surface area contributed by atoms with Gasteiger partial charge in [-0.3, -0.25) is 18.9 Å². The molecule has 3 aliphatic rings. The Morgan fingerprint density at radius 2 is 1.68 bits per heavy atom. The van der Waals surface area contributed by atoms with Crippen molar-refractivity contribution >= 4 is 37.0 Å². The molecular formula is C36H45N6O10P. The Morgan fingerprint density at radius 3 is 2.28 bits per heavy atom. The third-order valence-electron chi connectivity index (χ3n) is 9.47. The lowest BCUT2D eigenvalue weighted by Crippen LogP contribution is -2.47. The summed E-state index contributed by atoms with van der Waals surface area (Å²) in [4.78, 5) is 43.4. The van der Waals surface area contributed by atoms with Gasteiger partial charge in [0.2, 0.25) is 5.60 Å². The van der Waals surface area contributed by atoms with Gasteiger partial charge in [-0.05, 0) is 74.8 Å². The molecule has 17 heteroatoms. The van der Waals surface area contributed by atoms with Gasteiger partial charge in [0, 0.05) is 0 Å². The second-order valence-electron chi connectivity index (χ2n) is 14.3. The Bertz CT molecular complexity index is 1920. The maximum absolute atomic E-state index is 14.6. The predicted octanol–water partition coefficient (Wildman–Crippen LogP) is 4.72. The SMILES string of the molecule is CC(C)C(=O)O[C@H]1[C@@H](OC(=O)C(C)C)[C@](C#N)(c2ccc3c(N)ncnn23)O[C@@H]1CO[P@@](=O)(N[C@@H](C)C(=O)OC1CCC1)Oc1ccc(C2CC2)cc1. The highest BCUT2D eigenvalue weighted by molar-refractivity contribution is 7.52. The first kappa shape index (κ1) is 38.2. The van der Waals surface area contributed by atoms with Crippen molar-refractivity contribution in [3.63, 3.8) is 0 Å². The van der Waals surface area contributed by atoms with E-state index in [2.05, 4.69) is 21.2 Å². The van der Waals surface area contributed by atoms with Crippen molar-refractivity contribution in [3.05, 3.63) is 54.0 Å². The van der Waals surface area contributed by atoms with E-state index in [9.17, 15) is 24.2 Å². The Morgan fingerprint density at radius 1 is 1.00 bits per heavy atom. The number of nitrogens with one attached hydrogen (secondary N) is 1. The molecule has 1 aromatic carbocycles. The quantitative estimate of drug-likeness (QED) is 0.122. The van der Waals surface area contributed by atoms with E-state index >= 15 is 0 Å². The zero-order valence-electron chi connectivity index (χ0n) is 30.3. The lowest BCUT2D eigenvalue weighted by atomic mass is 9.92. The van der Waals surface area contributed by atoms with Gasteiger partial charge < -0.3 is 29.2 Å². The third kappa shape index (κ3) is 8.18. The first-order chi connectivity index (χ1) is 25.2. The number of hydrogen-bond acceptors (Lipinski definition) is 14. The summed E-state index contributed by atoms with van der Waals surface area (Å²) >= 11 is 0. The van der Waals surface area contributed by atoms with E-state index in [4.69, 9.17) is 33.7 Å². The Balaban J connectivity index is 1.35. The van der Waals surface area contributed by atoms with Crippen LogP contribution in [0.2, 0.25) is 0 Å². The molecule has 1 saturated heterocycles. The van der Waals surface area contributed by atoms with E-state index in [1.54, 1.807) is 45.9 Å². The van der Waals surface area contributed by atoms with Crippen LogP contribution in [-0.4, -0.2) is 69.6 Å². The Kier molecular flexibility index (Phi) is 11.1. The molecule has 2 aliphatic carbocycles. The first-order valence-electron chi connectivity index (χ1n) is 17.8. The van der Waals surface area contributed by atoms with Crippen LogP contribution in [0.5, 0.6) is 5.75 Å². The molecule has 16 nitrogen and oxygen atoms in total. The van der Waals surface area contributed by atoms with Crippen LogP contribution in [-0.2, 0) is 48.0 Å². The highest BCUT2D eigenvalue weighted by Gasteiger charge is 2.63. The largest absolute Gasteiger partial charge is 0.461 e. The number of ether oxygens (including phenoxy) is 4. The monoisotopic (exact) mass is 752 g/mol. The molecule has 284 valence electrons. The molecule has 3 fully saturated rings. The smallest absolute Gasteiger partial charge is 0.459 e.